The first-order valence-corrected chi connectivity index (χ1v) is 20.2. The second-order valence-electron chi connectivity index (χ2n) is 15.1. The van der Waals surface area contributed by atoms with Gasteiger partial charge in [-0.1, -0.05) is 152 Å². The third-order valence-electron chi connectivity index (χ3n) is 11.5. The van der Waals surface area contributed by atoms with Gasteiger partial charge in [0.2, 0.25) is 5.78 Å². The monoisotopic (exact) mass is 783 g/mol. The molecule has 0 radical (unpaired) electrons. The van der Waals surface area contributed by atoms with Gasteiger partial charge in [-0.3, -0.25) is 9.36 Å². The van der Waals surface area contributed by atoms with Crippen molar-refractivity contribution in [3.63, 3.8) is 0 Å². The first-order valence-electron chi connectivity index (χ1n) is 20.2. The van der Waals surface area contributed by atoms with Crippen LogP contribution in [0.15, 0.2) is 205 Å². The fourth-order valence-electron chi connectivity index (χ4n) is 8.73. The van der Waals surface area contributed by atoms with E-state index in [-0.39, 0.29) is 5.56 Å². The summed E-state index contributed by atoms with van der Waals surface area (Å²) in [6.45, 7) is 0. The number of imidazole rings is 1. The molecule has 0 spiro atoms. The Morgan fingerprint density at radius 2 is 0.885 bits per heavy atom. The third kappa shape index (κ3) is 5.57. The Bertz CT molecular complexity index is 3660. The van der Waals surface area contributed by atoms with Gasteiger partial charge in [0.1, 0.15) is 0 Å². The lowest BCUT2D eigenvalue weighted by Crippen LogP contribution is -2.19. The minimum absolute atomic E-state index is 0.141. The summed E-state index contributed by atoms with van der Waals surface area (Å²) in [7, 11) is 0. The van der Waals surface area contributed by atoms with Crippen molar-refractivity contribution in [2.75, 3.05) is 0 Å². The predicted octanol–water partition coefficient (Wildman–Crippen LogP) is 11.7. The highest BCUT2D eigenvalue weighted by Crippen LogP contribution is 2.38. The van der Waals surface area contributed by atoms with Crippen LogP contribution in [0, 0.1) is 0 Å². The van der Waals surface area contributed by atoms with Gasteiger partial charge in [-0.2, -0.15) is 0 Å². The van der Waals surface area contributed by atoms with E-state index in [1.807, 2.05) is 127 Å². The Hall–Kier alpha value is -8.49. The third-order valence-corrected chi connectivity index (χ3v) is 11.5. The number of nitrogens with zero attached hydrogens (tertiary/aromatic N) is 7. The lowest BCUT2D eigenvalue weighted by atomic mass is 10.0. The maximum absolute atomic E-state index is 15.4. The van der Waals surface area contributed by atoms with E-state index in [1.54, 1.807) is 4.40 Å². The number of para-hydroxylation sites is 3. The van der Waals surface area contributed by atoms with Crippen LogP contribution < -0.4 is 5.56 Å². The zero-order valence-electron chi connectivity index (χ0n) is 32.6. The molecule has 8 heteroatoms. The topological polar surface area (TPSA) is 82.9 Å². The standard InChI is InChI=1S/C53H33N7O/c61-52-47-46(59(53-54-43-27-11-13-29-45(43)60(52)53)40-25-14-22-37(32-40)34-16-4-1-5-17-34)31-30-42-41-26-10-12-28-44(41)58(48(42)47)39-24-15-23-38(33-39)51-56-49(35-18-6-2-7-19-35)55-50(57-51)36-20-8-3-9-21-36/h1-33H. The average molecular weight is 784 g/mol. The summed E-state index contributed by atoms with van der Waals surface area (Å²) in [5.74, 6) is 2.27. The maximum Gasteiger partial charge on any atom is 0.269 e. The summed E-state index contributed by atoms with van der Waals surface area (Å²) in [5.41, 5.74) is 10.4. The molecule has 12 aromatic rings. The Labute approximate surface area is 349 Å². The minimum atomic E-state index is -0.141. The quantitative estimate of drug-likeness (QED) is 0.168. The van der Waals surface area contributed by atoms with E-state index in [1.165, 1.54) is 0 Å². The van der Waals surface area contributed by atoms with E-state index >= 15 is 4.79 Å². The second-order valence-corrected chi connectivity index (χ2v) is 15.1. The van der Waals surface area contributed by atoms with Gasteiger partial charge in [0.15, 0.2) is 17.5 Å². The SMILES string of the molecule is O=c1c2c(ccc3c4ccccc4n(-c4cccc(-c5nc(-c6ccccc6)nc(-c6ccccc6)n5)c4)c32)n(-c2cccc(-c3ccccc3)c2)c2nc3ccccc3n12. The van der Waals surface area contributed by atoms with Crippen molar-refractivity contribution in [1.82, 2.24) is 33.5 Å². The van der Waals surface area contributed by atoms with Crippen molar-refractivity contribution in [3.05, 3.63) is 211 Å². The van der Waals surface area contributed by atoms with Crippen LogP contribution in [-0.2, 0) is 0 Å². The molecular weight excluding hydrogens is 751 g/mol. The van der Waals surface area contributed by atoms with Gasteiger partial charge in [-0.05, 0) is 59.7 Å². The molecular formula is C53H33N7O. The van der Waals surface area contributed by atoms with E-state index in [2.05, 4.69) is 81.9 Å². The fourth-order valence-corrected chi connectivity index (χ4v) is 8.73. The van der Waals surface area contributed by atoms with Crippen LogP contribution in [0.2, 0.25) is 0 Å². The lowest BCUT2D eigenvalue weighted by Gasteiger charge is -2.16. The molecule has 0 N–H and O–H groups in total. The smallest absolute Gasteiger partial charge is 0.269 e. The molecule has 0 amide bonds. The summed E-state index contributed by atoms with van der Waals surface area (Å²) in [5, 5.41) is 2.59. The zero-order valence-corrected chi connectivity index (χ0v) is 32.6. The van der Waals surface area contributed by atoms with Gasteiger partial charge in [-0.15, -0.1) is 0 Å². The number of benzene rings is 8. The first kappa shape index (κ1) is 34.5. The number of hydrogen-bond acceptors (Lipinski definition) is 5. The maximum atomic E-state index is 15.4. The van der Waals surface area contributed by atoms with Crippen molar-refractivity contribution in [1.29, 1.82) is 0 Å². The molecule has 0 aliphatic heterocycles. The molecule has 0 aliphatic carbocycles. The van der Waals surface area contributed by atoms with Crippen LogP contribution in [0.25, 0.3) is 106 Å². The molecule has 8 nitrogen and oxygen atoms in total. The van der Waals surface area contributed by atoms with Crippen LogP contribution >= 0.6 is 0 Å². The van der Waals surface area contributed by atoms with E-state index in [4.69, 9.17) is 19.9 Å². The Kier molecular flexibility index (Phi) is 7.83. The van der Waals surface area contributed by atoms with E-state index in [0.29, 0.717) is 28.6 Å². The number of aromatic nitrogens is 7. The van der Waals surface area contributed by atoms with Gasteiger partial charge >= 0.3 is 0 Å². The minimum Gasteiger partial charge on any atom is -0.308 e. The molecule has 0 saturated carbocycles. The summed E-state index contributed by atoms with van der Waals surface area (Å²) < 4.78 is 6.11. The molecule has 0 fully saturated rings. The molecule has 0 atom stereocenters. The Morgan fingerprint density at radius 1 is 0.361 bits per heavy atom. The largest absolute Gasteiger partial charge is 0.308 e. The van der Waals surface area contributed by atoms with Crippen molar-refractivity contribution < 1.29 is 0 Å². The van der Waals surface area contributed by atoms with Crippen LogP contribution in [0.3, 0.4) is 0 Å². The van der Waals surface area contributed by atoms with Crippen LogP contribution in [0.1, 0.15) is 0 Å². The van der Waals surface area contributed by atoms with Crippen LogP contribution in [0.4, 0.5) is 0 Å². The van der Waals surface area contributed by atoms with Crippen molar-refractivity contribution >= 4 is 49.5 Å². The predicted molar refractivity (Wildman–Crippen MR) is 245 cm³/mol. The van der Waals surface area contributed by atoms with Crippen molar-refractivity contribution in [3.8, 4) is 56.7 Å². The van der Waals surface area contributed by atoms with E-state index in [0.717, 1.165) is 77.5 Å². The number of hydrogen-bond donors (Lipinski definition) is 0. The Balaban J connectivity index is 1.16. The molecule has 0 bridgehead atoms. The van der Waals surface area contributed by atoms with Crippen molar-refractivity contribution in [2.45, 2.75) is 0 Å². The molecule has 0 unspecified atom stereocenters. The molecule has 12 rings (SSSR count). The summed E-state index contributed by atoms with van der Waals surface area (Å²) in [4.78, 5) is 35.5. The van der Waals surface area contributed by atoms with Crippen LogP contribution in [-0.4, -0.2) is 33.5 Å². The van der Waals surface area contributed by atoms with Gasteiger partial charge in [0.25, 0.3) is 5.56 Å². The normalized spacial score (nSPS) is 11.7. The Morgan fingerprint density at radius 3 is 1.57 bits per heavy atom. The highest BCUT2D eigenvalue weighted by Gasteiger charge is 2.24. The molecule has 8 aromatic carbocycles. The van der Waals surface area contributed by atoms with Gasteiger partial charge in [-0.25, -0.2) is 24.3 Å². The zero-order chi connectivity index (χ0) is 40.4. The van der Waals surface area contributed by atoms with Gasteiger partial charge in [0, 0.05) is 38.8 Å². The highest BCUT2D eigenvalue weighted by atomic mass is 16.1. The summed E-state index contributed by atoms with van der Waals surface area (Å²) >= 11 is 0. The van der Waals surface area contributed by atoms with Gasteiger partial charge < -0.3 is 4.57 Å². The molecule has 286 valence electrons. The molecule has 4 heterocycles. The van der Waals surface area contributed by atoms with Crippen LogP contribution in [0.5, 0.6) is 0 Å². The summed E-state index contributed by atoms with van der Waals surface area (Å²) in [6.07, 6.45) is 0. The summed E-state index contributed by atoms with van der Waals surface area (Å²) in [6, 6.07) is 67.4. The fraction of sp³-hybridized carbons (Fsp3) is 0. The second kappa shape index (κ2) is 13.8. The van der Waals surface area contributed by atoms with E-state index in [9.17, 15) is 0 Å². The number of fused-ring (bicyclic) bond motifs is 8. The molecule has 4 aromatic heterocycles. The lowest BCUT2D eigenvalue weighted by molar-refractivity contribution is 1.02. The molecule has 61 heavy (non-hydrogen) atoms. The number of rotatable bonds is 6. The highest BCUT2D eigenvalue weighted by molar-refractivity contribution is 6.18. The average Bonchev–Trinajstić information content (AvgIpc) is 3.89. The molecule has 0 saturated heterocycles. The molecule has 0 aliphatic rings. The van der Waals surface area contributed by atoms with Crippen molar-refractivity contribution in [2.24, 2.45) is 0 Å². The van der Waals surface area contributed by atoms with Gasteiger partial charge in [0.05, 0.1) is 33.0 Å². The van der Waals surface area contributed by atoms with E-state index < -0.39 is 0 Å². The first-order chi connectivity index (χ1) is 30.2.